The Morgan fingerprint density at radius 1 is 1.47 bits per heavy atom. The fourth-order valence-corrected chi connectivity index (χ4v) is 2.10. The third kappa shape index (κ3) is 1.91. The van der Waals surface area contributed by atoms with Gasteiger partial charge < -0.3 is 14.4 Å². The molecule has 0 N–H and O–H groups in total. The Morgan fingerprint density at radius 3 is 2.65 bits per heavy atom. The molecule has 0 aromatic carbocycles. The van der Waals surface area contributed by atoms with Gasteiger partial charge in [0.1, 0.15) is 11.6 Å². The van der Waals surface area contributed by atoms with Gasteiger partial charge in [-0.1, -0.05) is 0 Å². The lowest BCUT2D eigenvalue weighted by Crippen LogP contribution is -2.40. The first-order valence-corrected chi connectivity index (χ1v) is 5.88. The van der Waals surface area contributed by atoms with Crippen LogP contribution < -0.4 is 0 Å². The van der Waals surface area contributed by atoms with Gasteiger partial charge in [-0.05, 0) is 13.8 Å². The van der Waals surface area contributed by atoms with Gasteiger partial charge in [-0.25, -0.2) is 4.79 Å². The van der Waals surface area contributed by atoms with Crippen LogP contribution in [0.3, 0.4) is 0 Å². The molecule has 3 heterocycles. The van der Waals surface area contributed by atoms with Crippen molar-refractivity contribution in [2.75, 3.05) is 26.3 Å². The molecule has 3 unspecified atom stereocenters. The molecule has 3 amide bonds. The summed E-state index contributed by atoms with van der Waals surface area (Å²) in [6, 6.07) is -0.600. The van der Waals surface area contributed by atoms with Gasteiger partial charge >= 0.3 is 6.03 Å². The number of hydrogen-bond donors (Lipinski definition) is 0. The maximum absolute atomic E-state index is 12.1. The number of rotatable bonds is 4. The second kappa shape index (κ2) is 3.43. The summed E-state index contributed by atoms with van der Waals surface area (Å²) in [5, 5.41) is 0. The van der Waals surface area contributed by atoms with E-state index >= 15 is 0 Å². The molecule has 3 atom stereocenters. The second-order valence-electron chi connectivity index (χ2n) is 5.23. The highest BCUT2D eigenvalue weighted by Crippen LogP contribution is 2.30. The van der Waals surface area contributed by atoms with Crippen LogP contribution in [0.4, 0.5) is 4.79 Å². The van der Waals surface area contributed by atoms with Crippen molar-refractivity contribution in [3.05, 3.63) is 0 Å². The highest BCUT2D eigenvalue weighted by Gasteiger charge is 2.50. The van der Waals surface area contributed by atoms with Gasteiger partial charge in [0, 0.05) is 0 Å². The van der Waals surface area contributed by atoms with E-state index in [4.69, 9.17) is 9.47 Å². The topological polar surface area (TPSA) is 65.7 Å². The predicted octanol–water partition coefficient (Wildman–Crippen LogP) is -0.173. The molecule has 0 aliphatic carbocycles. The number of hydrogen-bond acceptors (Lipinski definition) is 4. The quantitative estimate of drug-likeness (QED) is 0.505. The van der Waals surface area contributed by atoms with Crippen LogP contribution in [0.1, 0.15) is 13.8 Å². The Balaban J connectivity index is 1.71. The Bertz CT molecular complexity index is 376. The van der Waals surface area contributed by atoms with Gasteiger partial charge in [0.15, 0.2) is 0 Å². The van der Waals surface area contributed by atoms with E-state index < -0.39 is 0 Å². The number of carbonyl (C=O) groups is 2. The van der Waals surface area contributed by atoms with E-state index in [9.17, 15) is 9.59 Å². The molecule has 0 spiro atoms. The zero-order valence-corrected chi connectivity index (χ0v) is 10.0. The average molecular weight is 240 g/mol. The minimum atomic E-state index is -0.387. The van der Waals surface area contributed by atoms with E-state index in [0.717, 1.165) is 0 Å². The zero-order valence-electron chi connectivity index (χ0n) is 10.0. The van der Waals surface area contributed by atoms with Gasteiger partial charge in [-0.3, -0.25) is 9.69 Å². The van der Waals surface area contributed by atoms with E-state index in [1.54, 1.807) is 11.8 Å². The SMILES string of the molecule is CC1C(=O)N(CC2CO2)C(=O)N1CC1(C)CO1. The van der Waals surface area contributed by atoms with Crippen LogP contribution in [-0.4, -0.2) is 65.8 Å². The molecule has 0 aromatic heterocycles. The maximum atomic E-state index is 12.1. The van der Waals surface area contributed by atoms with Crippen molar-refractivity contribution in [3.8, 4) is 0 Å². The van der Waals surface area contributed by atoms with Crippen LogP contribution >= 0.6 is 0 Å². The van der Waals surface area contributed by atoms with Gasteiger partial charge in [0.2, 0.25) is 0 Å². The molecule has 3 aliphatic heterocycles. The average Bonchev–Trinajstić information content (AvgIpc) is 3.17. The Hall–Kier alpha value is -1.14. The number of ether oxygens (including phenoxy) is 2. The number of nitrogens with zero attached hydrogens (tertiary/aromatic N) is 2. The summed E-state index contributed by atoms with van der Waals surface area (Å²) in [7, 11) is 0. The van der Waals surface area contributed by atoms with Crippen molar-refractivity contribution in [2.45, 2.75) is 31.6 Å². The first-order chi connectivity index (χ1) is 8.00. The van der Waals surface area contributed by atoms with E-state index in [-0.39, 0.29) is 29.7 Å². The van der Waals surface area contributed by atoms with Crippen LogP contribution in [0.2, 0.25) is 0 Å². The van der Waals surface area contributed by atoms with E-state index in [2.05, 4.69) is 0 Å². The van der Waals surface area contributed by atoms with Gasteiger partial charge in [0.05, 0.1) is 32.4 Å². The van der Waals surface area contributed by atoms with E-state index in [1.807, 2.05) is 6.92 Å². The van der Waals surface area contributed by atoms with Crippen LogP contribution in [-0.2, 0) is 14.3 Å². The fourth-order valence-electron chi connectivity index (χ4n) is 2.10. The summed E-state index contributed by atoms with van der Waals surface area (Å²) in [5.74, 6) is -0.130. The predicted molar refractivity (Wildman–Crippen MR) is 57.4 cm³/mol. The molecule has 0 aromatic rings. The first-order valence-electron chi connectivity index (χ1n) is 5.88. The van der Waals surface area contributed by atoms with Crippen molar-refractivity contribution in [3.63, 3.8) is 0 Å². The molecule has 3 saturated heterocycles. The summed E-state index contributed by atoms with van der Waals surface area (Å²) in [5.41, 5.74) is -0.254. The van der Waals surface area contributed by atoms with Gasteiger partial charge in [-0.15, -0.1) is 0 Å². The lowest BCUT2D eigenvalue weighted by Gasteiger charge is -2.21. The van der Waals surface area contributed by atoms with Crippen LogP contribution in [0.5, 0.6) is 0 Å². The van der Waals surface area contributed by atoms with Gasteiger partial charge in [0.25, 0.3) is 5.91 Å². The molecule has 17 heavy (non-hydrogen) atoms. The van der Waals surface area contributed by atoms with Gasteiger partial charge in [-0.2, -0.15) is 0 Å². The van der Waals surface area contributed by atoms with Crippen molar-refractivity contribution in [2.24, 2.45) is 0 Å². The van der Waals surface area contributed by atoms with E-state index in [0.29, 0.717) is 26.3 Å². The third-order valence-corrected chi connectivity index (χ3v) is 3.50. The van der Waals surface area contributed by atoms with Crippen molar-refractivity contribution in [1.82, 2.24) is 9.80 Å². The Labute approximate surface area is 99.4 Å². The summed E-state index contributed by atoms with van der Waals surface area (Å²) in [6.45, 7) is 5.89. The number of epoxide rings is 2. The molecule has 0 bridgehead atoms. The number of imide groups is 1. The zero-order chi connectivity index (χ0) is 12.2. The molecule has 3 fully saturated rings. The molecule has 6 heteroatoms. The Morgan fingerprint density at radius 2 is 2.12 bits per heavy atom. The summed E-state index contributed by atoms with van der Waals surface area (Å²) in [4.78, 5) is 27.0. The van der Waals surface area contributed by atoms with Crippen LogP contribution in [0.15, 0.2) is 0 Å². The monoisotopic (exact) mass is 240 g/mol. The van der Waals surface area contributed by atoms with Crippen LogP contribution in [0, 0.1) is 0 Å². The fraction of sp³-hybridized carbons (Fsp3) is 0.818. The smallest absolute Gasteiger partial charge is 0.327 e. The summed E-state index contributed by atoms with van der Waals surface area (Å²) >= 11 is 0. The van der Waals surface area contributed by atoms with E-state index in [1.165, 1.54) is 4.90 Å². The Kier molecular flexibility index (Phi) is 2.21. The molecular weight excluding hydrogens is 224 g/mol. The molecular formula is C11H16N2O4. The highest BCUT2D eigenvalue weighted by molar-refractivity contribution is 6.04. The second-order valence-corrected chi connectivity index (χ2v) is 5.23. The highest BCUT2D eigenvalue weighted by atomic mass is 16.6. The molecule has 3 aliphatic rings. The molecule has 0 saturated carbocycles. The van der Waals surface area contributed by atoms with Crippen LogP contribution in [0.25, 0.3) is 0 Å². The minimum absolute atomic E-state index is 0.0443. The minimum Gasteiger partial charge on any atom is -0.371 e. The van der Waals surface area contributed by atoms with Crippen molar-refractivity contribution >= 4 is 11.9 Å². The third-order valence-electron chi connectivity index (χ3n) is 3.50. The number of carbonyl (C=O) groups excluding carboxylic acids is 2. The molecule has 0 radical (unpaired) electrons. The lowest BCUT2D eigenvalue weighted by molar-refractivity contribution is -0.128. The molecule has 6 nitrogen and oxygen atoms in total. The molecule has 3 rings (SSSR count). The first kappa shape index (κ1) is 11.0. The maximum Gasteiger partial charge on any atom is 0.327 e. The van der Waals surface area contributed by atoms with Crippen molar-refractivity contribution in [1.29, 1.82) is 0 Å². The summed E-state index contributed by atoms with van der Waals surface area (Å²) < 4.78 is 10.3. The summed E-state index contributed by atoms with van der Waals surface area (Å²) in [6.07, 6.45) is 0.0443. The molecule has 94 valence electrons. The largest absolute Gasteiger partial charge is 0.371 e. The normalized spacial score (nSPS) is 40.1. The van der Waals surface area contributed by atoms with Crippen molar-refractivity contribution < 1.29 is 19.1 Å². The number of urea groups is 1. The lowest BCUT2D eigenvalue weighted by atomic mass is 10.2. The number of amides is 3. The standard InChI is InChI=1S/C11H16N2O4/c1-7-9(14)12(3-8-4-16-8)10(15)13(7)5-11(2)6-17-11/h7-8H,3-6H2,1-2H3.